The lowest BCUT2D eigenvalue weighted by molar-refractivity contribution is 0.0950. The van der Waals surface area contributed by atoms with Crippen molar-refractivity contribution in [2.45, 2.75) is 18.2 Å². The summed E-state index contributed by atoms with van der Waals surface area (Å²) in [7, 11) is -3.31. The minimum atomic E-state index is -3.31. The molecule has 8 heteroatoms. The van der Waals surface area contributed by atoms with Gasteiger partial charge in [-0.2, -0.15) is 0 Å². The number of carbonyl (C=O) groups is 1. The summed E-state index contributed by atoms with van der Waals surface area (Å²) in [5.74, 6) is -0.215. The quantitative estimate of drug-likeness (QED) is 0.720. The third-order valence-electron chi connectivity index (χ3n) is 4.03. The monoisotopic (exact) mass is 375 g/mol. The normalized spacial score (nSPS) is 15.6. The Hall–Kier alpha value is -1.15. The van der Waals surface area contributed by atoms with Crippen molar-refractivity contribution in [3.05, 3.63) is 29.3 Å². The maximum Gasteiger partial charge on any atom is 0.251 e. The number of hydrogen-bond donors (Lipinski definition) is 2. The van der Waals surface area contributed by atoms with Gasteiger partial charge in [-0.3, -0.25) is 4.79 Å². The Morgan fingerprint density at radius 2 is 1.96 bits per heavy atom. The van der Waals surface area contributed by atoms with Gasteiger partial charge in [0.2, 0.25) is 0 Å². The van der Waals surface area contributed by atoms with Crippen molar-refractivity contribution in [1.29, 1.82) is 0 Å². The summed E-state index contributed by atoms with van der Waals surface area (Å²) in [5, 5.41) is 6.19. The lowest BCUT2D eigenvalue weighted by atomic mass is 10.1. The van der Waals surface area contributed by atoms with E-state index < -0.39 is 9.84 Å². The maximum atomic E-state index is 12.3. The first-order valence-corrected chi connectivity index (χ1v) is 9.79. The average Bonchev–Trinajstić information content (AvgIpc) is 2.51. The standard InChI is InChI=1S/C16H25N3O3S.ClH/c1-13-4-5-14(23(2,21)22)12-15(13)16(20)18-6-3-9-19-10-7-17-8-11-19;/h4-5,12,17H,3,6-11H2,1-2H3,(H,18,20);1H. The van der Waals surface area contributed by atoms with E-state index in [4.69, 9.17) is 0 Å². The van der Waals surface area contributed by atoms with Gasteiger partial charge in [0.1, 0.15) is 0 Å². The number of carbonyl (C=O) groups excluding carboxylic acids is 1. The van der Waals surface area contributed by atoms with Gasteiger partial charge in [-0.15, -0.1) is 12.4 Å². The zero-order valence-corrected chi connectivity index (χ0v) is 15.8. The highest BCUT2D eigenvalue weighted by atomic mass is 35.5. The molecular formula is C16H26ClN3O3S. The molecule has 0 atom stereocenters. The van der Waals surface area contributed by atoms with E-state index in [2.05, 4.69) is 15.5 Å². The van der Waals surface area contributed by atoms with Crippen LogP contribution in [0.2, 0.25) is 0 Å². The van der Waals surface area contributed by atoms with Crippen LogP contribution >= 0.6 is 12.4 Å². The Labute approximate surface area is 150 Å². The molecule has 24 heavy (non-hydrogen) atoms. The van der Waals surface area contributed by atoms with Gasteiger partial charge in [-0.25, -0.2) is 8.42 Å². The Balaban J connectivity index is 0.00000288. The molecule has 136 valence electrons. The number of aryl methyl sites for hydroxylation is 1. The molecule has 0 radical (unpaired) electrons. The number of nitrogens with zero attached hydrogens (tertiary/aromatic N) is 1. The molecule has 2 N–H and O–H groups in total. The molecule has 0 spiro atoms. The van der Waals surface area contributed by atoms with Crippen LogP contribution in [0, 0.1) is 6.92 Å². The van der Waals surface area contributed by atoms with Crippen LogP contribution in [0.5, 0.6) is 0 Å². The van der Waals surface area contributed by atoms with Gasteiger partial charge in [0, 0.05) is 44.5 Å². The largest absolute Gasteiger partial charge is 0.352 e. The van der Waals surface area contributed by atoms with E-state index in [0.717, 1.165) is 51.0 Å². The highest BCUT2D eigenvalue weighted by Crippen LogP contribution is 2.15. The third kappa shape index (κ3) is 6.05. The minimum Gasteiger partial charge on any atom is -0.352 e. The lowest BCUT2D eigenvalue weighted by Gasteiger charge is -2.27. The number of rotatable bonds is 6. The number of sulfone groups is 1. The van der Waals surface area contributed by atoms with Gasteiger partial charge in [0.25, 0.3) is 5.91 Å². The summed E-state index contributed by atoms with van der Waals surface area (Å²) in [6, 6.07) is 4.66. The molecule has 1 aromatic rings. The summed E-state index contributed by atoms with van der Waals surface area (Å²) in [4.78, 5) is 14.8. The summed E-state index contributed by atoms with van der Waals surface area (Å²) < 4.78 is 23.2. The fourth-order valence-corrected chi connectivity index (χ4v) is 3.26. The SMILES string of the molecule is Cc1ccc(S(C)(=O)=O)cc1C(=O)NCCCN1CCNCC1.Cl. The number of benzene rings is 1. The highest BCUT2D eigenvalue weighted by Gasteiger charge is 2.14. The first-order valence-electron chi connectivity index (χ1n) is 7.90. The van der Waals surface area contributed by atoms with Crippen molar-refractivity contribution < 1.29 is 13.2 Å². The van der Waals surface area contributed by atoms with Crippen LogP contribution in [0.4, 0.5) is 0 Å². The number of piperazine rings is 1. The molecule has 6 nitrogen and oxygen atoms in total. The van der Waals surface area contributed by atoms with Crippen LogP contribution in [0.15, 0.2) is 23.1 Å². The van der Waals surface area contributed by atoms with Gasteiger partial charge in [0.05, 0.1) is 4.90 Å². The van der Waals surface area contributed by atoms with Crippen LogP contribution in [-0.4, -0.2) is 64.7 Å². The molecule has 1 amide bonds. The van der Waals surface area contributed by atoms with Crippen molar-refractivity contribution >= 4 is 28.2 Å². The fourth-order valence-electron chi connectivity index (χ4n) is 2.61. The summed E-state index contributed by atoms with van der Waals surface area (Å²) in [5.41, 5.74) is 1.20. The molecule has 0 bridgehead atoms. The first-order chi connectivity index (χ1) is 10.9. The molecule has 1 aromatic carbocycles. The molecular weight excluding hydrogens is 350 g/mol. The zero-order chi connectivity index (χ0) is 16.9. The van der Waals surface area contributed by atoms with Crippen LogP contribution in [0.25, 0.3) is 0 Å². The van der Waals surface area contributed by atoms with Crippen LogP contribution < -0.4 is 10.6 Å². The van der Waals surface area contributed by atoms with Crippen molar-refractivity contribution in [1.82, 2.24) is 15.5 Å². The molecule has 0 unspecified atom stereocenters. The predicted molar refractivity (Wildman–Crippen MR) is 97.8 cm³/mol. The second-order valence-corrected chi connectivity index (χ2v) is 7.97. The van der Waals surface area contributed by atoms with Gasteiger partial charge in [0.15, 0.2) is 9.84 Å². The van der Waals surface area contributed by atoms with Crippen molar-refractivity contribution in [2.75, 3.05) is 45.5 Å². The zero-order valence-electron chi connectivity index (χ0n) is 14.2. The number of hydrogen-bond acceptors (Lipinski definition) is 5. The van der Waals surface area contributed by atoms with Crippen molar-refractivity contribution in [3.63, 3.8) is 0 Å². The highest BCUT2D eigenvalue weighted by molar-refractivity contribution is 7.90. The second kappa shape index (κ2) is 9.36. The molecule has 0 aliphatic carbocycles. The minimum absolute atomic E-state index is 0. The summed E-state index contributed by atoms with van der Waals surface area (Å²) in [6.07, 6.45) is 2.03. The third-order valence-corrected chi connectivity index (χ3v) is 5.14. The summed E-state index contributed by atoms with van der Waals surface area (Å²) >= 11 is 0. The Kier molecular flexibility index (Phi) is 8.15. The Morgan fingerprint density at radius 3 is 2.58 bits per heavy atom. The lowest BCUT2D eigenvalue weighted by Crippen LogP contribution is -2.44. The molecule has 1 fully saturated rings. The van der Waals surface area contributed by atoms with E-state index in [9.17, 15) is 13.2 Å². The van der Waals surface area contributed by atoms with Crippen LogP contribution in [0.3, 0.4) is 0 Å². The van der Waals surface area contributed by atoms with Gasteiger partial charge in [-0.1, -0.05) is 6.07 Å². The number of nitrogens with one attached hydrogen (secondary N) is 2. The van der Waals surface area contributed by atoms with Gasteiger partial charge < -0.3 is 15.5 Å². The number of amides is 1. The van der Waals surface area contributed by atoms with Gasteiger partial charge >= 0.3 is 0 Å². The second-order valence-electron chi connectivity index (χ2n) is 5.95. The maximum absolute atomic E-state index is 12.3. The average molecular weight is 376 g/mol. The molecule has 0 aromatic heterocycles. The van der Waals surface area contributed by atoms with Crippen molar-refractivity contribution in [2.24, 2.45) is 0 Å². The predicted octanol–water partition coefficient (Wildman–Crippen LogP) is 0.845. The Bertz CT molecular complexity index is 659. The molecule has 1 aliphatic heterocycles. The van der Waals surface area contributed by atoms with Crippen LogP contribution in [0.1, 0.15) is 22.3 Å². The molecule has 1 heterocycles. The van der Waals surface area contributed by atoms with Crippen LogP contribution in [-0.2, 0) is 9.84 Å². The molecule has 1 saturated heterocycles. The smallest absolute Gasteiger partial charge is 0.251 e. The fraction of sp³-hybridized carbons (Fsp3) is 0.562. The van der Waals surface area contributed by atoms with Crippen molar-refractivity contribution in [3.8, 4) is 0 Å². The molecule has 0 saturated carbocycles. The van der Waals surface area contributed by atoms with E-state index in [1.807, 2.05) is 6.92 Å². The molecule has 2 rings (SSSR count). The van der Waals surface area contributed by atoms with E-state index in [1.165, 1.54) is 12.1 Å². The molecule has 1 aliphatic rings. The summed E-state index contributed by atoms with van der Waals surface area (Å²) in [6.45, 7) is 7.48. The number of halogens is 1. The van der Waals surface area contributed by atoms with E-state index >= 15 is 0 Å². The van der Waals surface area contributed by atoms with E-state index in [-0.39, 0.29) is 23.2 Å². The Morgan fingerprint density at radius 1 is 1.29 bits per heavy atom. The van der Waals surface area contributed by atoms with E-state index in [0.29, 0.717) is 12.1 Å². The first kappa shape index (κ1) is 20.9. The van der Waals surface area contributed by atoms with E-state index in [1.54, 1.807) is 6.07 Å². The topological polar surface area (TPSA) is 78.5 Å². The van der Waals surface area contributed by atoms with Gasteiger partial charge in [-0.05, 0) is 37.6 Å².